The van der Waals surface area contributed by atoms with Crippen molar-refractivity contribution in [2.75, 3.05) is 19.0 Å². The number of anilines is 1. The van der Waals surface area contributed by atoms with Gasteiger partial charge in [-0.25, -0.2) is 4.98 Å². The molecular formula is C10H12F3N3O. The Bertz CT molecular complexity index is 404. The minimum atomic E-state index is -4.49. The third kappa shape index (κ3) is 3.21. The number of halogens is 3. The highest BCUT2D eigenvalue weighted by atomic mass is 19.4. The van der Waals surface area contributed by atoms with E-state index < -0.39 is 11.9 Å². The number of hydrogen-bond donors (Lipinski definition) is 1. The molecule has 94 valence electrons. The fourth-order valence-corrected chi connectivity index (χ4v) is 1.24. The van der Waals surface area contributed by atoms with Gasteiger partial charge in [0.25, 0.3) is 0 Å². The van der Waals surface area contributed by atoms with E-state index in [9.17, 15) is 13.2 Å². The summed E-state index contributed by atoms with van der Waals surface area (Å²) in [6.45, 7) is 0.414. The average Bonchev–Trinajstić information content (AvgIpc) is 3.08. The molecule has 0 unspecified atom stereocenters. The highest BCUT2D eigenvalue weighted by Gasteiger charge is 2.34. The monoisotopic (exact) mass is 247 g/mol. The number of aromatic nitrogens is 2. The van der Waals surface area contributed by atoms with Gasteiger partial charge in [0.2, 0.25) is 11.8 Å². The van der Waals surface area contributed by atoms with E-state index in [1.54, 1.807) is 0 Å². The van der Waals surface area contributed by atoms with Crippen LogP contribution in [-0.2, 0) is 6.18 Å². The molecule has 0 atom stereocenters. The first kappa shape index (κ1) is 11.9. The lowest BCUT2D eigenvalue weighted by Crippen LogP contribution is -2.12. The molecule has 0 bridgehead atoms. The second-order valence-corrected chi connectivity index (χ2v) is 3.92. The number of alkyl halides is 3. The van der Waals surface area contributed by atoms with Crippen molar-refractivity contribution < 1.29 is 17.9 Å². The highest BCUT2D eigenvalue weighted by Crippen LogP contribution is 2.32. The largest absolute Gasteiger partial charge is 0.477 e. The Kier molecular flexibility index (Phi) is 3.08. The molecule has 0 aliphatic heterocycles. The molecular weight excluding hydrogens is 235 g/mol. The second kappa shape index (κ2) is 4.38. The van der Waals surface area contributed by atoms with E-state index in [4.69, 9.17) is 4.74 Å². The van der Waals surface area contributed by atoms with Crippen LogP contribution in [0.15, 0.2) is 6.07 Å². The molecule has 7 heteroatoms. The summed E-state index contributed by atoms with van der Waals surface area (Å²) in [4.78, 5) is 7.16. The van der Waals surface area contributed by atoms with Gasteiger partial charge in [-0.15, -0.1) is 0 Å². The van der Waals surface area contributed by atoms with Gasteiger partial charge in [0.05, 0.1) is 6.61 Å². The zero-order valence-corrected chi connectivity index (χ0v) is 9.21. The molecule has 0 spiro atoms. The fourth-order valence-electron chi connectivity index (χ4n) is 1.24. The first-order chi connectivity index (χ1) is 7.99. The SMILES string of the molecule is CNc1nc(OCC2CC2)cc(C(F)(F)F)n1. The summed E-state index contributed by atoms with van der Waals surface area (Å²) >= 11 is 0. The normalized spacial score (nSPS) is 15.8. The van der Waals surface area contributed by atoms with Crippen LogP contribution in [0, 0.1) is 5.92 Å². The van der Waals surface area contributed by atoms with E-state index >= 15 is 0 Å². The Balaban J connectivity index is 2.18. The minimum absolute atomic E-state index is 0.0384. The van der Waals surface area contributed by atoms with E-state index in [0.29, 0.717) is 12.5 Å². The third-order valence-corrected chi connectivity index (χ3v) is 2.38. The Labute approximate surface area is 96.2 Å². The molecule has 1 N–H and O–H groups in total. The summed E-state index contributed by atoms with van der Waals surface area (Å²) in [6, 6.07) is 0.823. The van der Waals surface area contributed by atoms with E-state index in [0.717, 1.165) is 18.9 Å². The molecule has 17 heavy (non-hydrogen) atoms. The molecule has 1 heterocycles. The molecule has 1 saturated carbocycles. The number of rotatable bonds is 4. The predicted molar refractivity (Wildman–Crippen MR) is 54.8 cm³/mol. The van der Waals surface area contributed by atoms with Crippen molar-refractivity contribution in [3.05, 3.63) is 11.8 Å². The number of ether oxygens (including phenoxy) is 1. The van der Waals surface area contributed by atoms with E-state index in [-0.39, 0.29) is 11.8 Å². The van der Waals surface area contributed by atoms with Crippen LogP contribution in [-0.4, -0.2) is 23.6 Å². The standard InChI is InChI=1S/C10H12F3N3O/c1-14-9-15-7(10(11,12)13)4-8(16-9)17-5-6-2-3-6/h4,6H,2-3,5H2,1H3,(H,14,15,16). The van der Waals surface area contributed by atoms with Crippen molar-refractivity contribution in [1.82, 2.24) is 9.97 Å². The fraction of sp³-hybridized carbons (Fsp3) is 0.600. The van der Waals surface area contributed by atoms with Gasteiger partial charge in [-0.2, -0.15) is 18.2 Å². The molecule has 1 aliphatic carbocycles. The number of nitrogens with zero attached hydrogens (tertiary/aromatic N) is 2. The lowest BCUT2D eigenvalue weighted by Gasteiger charge is -2.10. The average molecular weight is 247 g/mol. The molecule has 0 aromatic carbocycles. The van der Waals surface area contributed by atoms with E-state index in [1.165, 1.54) is 7.05 Å². The van der Waals surface area contributed by atoms with Crippen LogP contribution < -0.4 is 10.1 Å². The highest BCUT2D eigenvalue weighted by molar-refractivity contribution is 5.31. The van der Waals surface area contributed by atoms with Crippen LogP contribution in [0.5, 0.6) is 5.88 Å². The summed E-state index contributed by atoms with van der Waals surface area (Å²) in [5.74, 6) is 0.325. The van der Waals surface area contributed by atoms with Gasteiger partial charge in [-0.1, -0.05) is 0 Å². The van der Waals surface area contributed by atoms with Gasteiger partial charge < -0.3 is 10.1 Å². The summed E-state index contributed by atoms with van der Waals surface area (Å²) in [6.07, 6.45) is -2.36. The lowest BCUT2D eigenvalue weighted by atomic mass is 10.4. The number of nitrogens with one attached hydrogen (secondary N) is 1. The maximum atomic E-state index is 12.5. The topological polar surface area (TPSA) is 47.0 Å². The van der Waals surface area contributed by atoms with Crippen molar-refractivity contribution in [3.63, 3.8) is 0 Å². The minimum Gasteiger partial charge on any atom is -0.477 e. The van der Waals surface area contributed by atoms with Crippen LogP contribution in [0.1, 0.15) is 18.5 Å². The van der Waals surface area contributed by atoms with Gasteiger partial charge in [-0.3, -0.25) is 0 Å². The molecule has 2 rings (SSSR count). The van der Waals surface area contributed by atoms with Crippen LogP contribution in [0.3, 0.4) is 0 Å². The summed E-state index contributed by atoms with van der Waals surface area (Å²) in [5, 5.41) is 2.48. The molecule has 1 aliphatic rings. The molecule has 0 radical (unpaired) electrons. The molecule has 1 aromatic rings. The molecule has 1 aromatic heterocycles. The van der Waals surface area contributed by atoms with Crippen molar-refractivity contribution >= 4 is 5.95 Å². The smallest absolute Gasteiger partial charge is 0.433 e. The zero-order chi connectivity index (χ0) is 12.5. The summed E-state index contributed by atoms with van der Waals surface area (Å²) < 4.78 is 42.8. The van der Waals surface area contributed by atoms with Gasteiger partial charge >= 0.3 is 6.18 Å². The summed E-state index contributed by atoms with van der Waals surface area (Å²) in [7, 11) is 1.46. The van der Waals surface area contributed by atoms with Crippen LogP contribution in [0.25, 0.3) is 0 Å². The van der Waals surface area contributed by atoms with Crippen molar-refractivity contribution in [1.29, 1.82) is 0 Å². The Morgan fingerprint density at radius 1 is 1.41 bits per heavy atom. The van der Waals surface area contributed by atoms with Crippen LogP contribution >= 0.6 is 0 Å². The first-order valence-corrected chi connectivity index (χ1v) is 5.26. The Morgan fingerprint density at radius 3 is 2.65 bits per heavy atom. The maximum absolute atomic E-state index is 12.5. The Morgan fingerprint density at radius 2 is 2.12 bits per heavy atom. The molecule has 4 nitrogen and oxygen atoms in total. The maximum Gasteiger partial charge on any atom is 0.433 e. The van der Waals surface area contributed by atoms with Crippen molar-refractivity contribution in [3.8, 4) is 5.88 Å². The zero-order valence-electron chi connectivity index (χ0n) is 9.21. The van der Waals surface area contributed by atoms with E-state index in [1.807, 2.05) is 0 Å². The summed E-state index contributed by atoms with van der Waals surface area (Å²) in [5.41, 5.74) is -0.998. The first-order valence-electron chi connectivity index (χ1n) is 5.26. The van der Waals surface area contributed by atoms with Crippen molar-refractivity contribution in [2.24, 2.45) is 5.92 Å². The van der Waals surface area contributed by atoms with Crippen molar-refractivity contribution in [2.45, 2.75) is 19.0 Å². The quantitative estimate of drug-likeness (QED) is 0.887. The van der Waals surface area contributed by atoms with Gasteiger partial charge in [-0.05, 0) is 18.8 Å². The molecule has 0 saturated heterocycles. The molecule has 1 fully saturated rings. The Hall–Kier alpha value is -1.53. The van der Waals surface area contributed by atoms with Crippen LogP contribution in [0.4, 0.5) is 19.1 Å². The molecule has 0 amide bonds. The van der Waals surface area contributed by atoms with Crippen LogP contribution in [0.2, 0.25) is 0 Å². The number of hydrogen-bond acceptors (Lipinski definition) is 4. The third-order valence-electron chi connectivity index (χ3n) is 2.38. The van der Waals surface area contributed by atoms with Gasteiger partial charge in [0.1, 0.15) is 0 Å². The predicted octanol–water partition coefficient (Wildman–Crippen LogP) is 2.33. The lowest BCUT2D eigenvalue weighted by molar-refractivity contribution is -0.141. The second-order valence-electron chi connectivity index (χ2n) is 3.92. The van der Waals surface area contributed by atoms with Gasteiger partial charge in [0.15, 0.2) is 5.69 Å². The van der Waals surface area contributed by atoms with Gasteiger partial charge in [0, 0.05) is 13.1 Å². The van der Waals surface area contributed by atoms with E-state index in [2.05, 4.69) is 15.3 Å².